The quantitative estimate of drug-likeness (QED) is 0.181. The second kappa shape index (κ2) is 11.9. The lowest BCUT2D eigenvalue weighted by atomic mass is 9.79. The largest absolute Gasteiger partial charge is 0.228 e. The molecule has 0 fully saturated rings. The van der Waals surface area contributed by atoms with Crippen molar-refractivity contribution in [3.05, 3.63) is 192 Å². The van der Waals surface area contributed by atoms with Crippen LogP contribution < -0.4 is 0 Å². The van der Waals surface area contributed by atoms with Crippen LogP contribution in [0.15, 0.2) is 170 Å². The lowest BCUT2D eigenvalue weighted by Crippen LogP contribution is -2.16. The Morgan fingerprint density at radius 1 is 0.357 bits per heavy atom. The van der Waals surface area contributed by atoms with Gasteiger partial charge in [0.1, 0.15) is 0 Å². The highest BCUT2D eigenvalue weighted by Crippen LogP contribution is 2.55. The summed E-state index contributed by atoms with van der Waals surface area (Å²) in [5, 5.41) is 4.95. The molecule has 0 N–H and O–H groups in total. The summed E-state index contributed by atoms with van der Waals surface area (Å²) in [5.41, 5.74) is 18.0. The van der Waals surface area contributed by atoms with Gasteiger partial charge < -0.3 is 0 Å². The van der Waals surface area contributed by atoms with Crippen LogP contribution in [0, 0.1) is 0 Å². The number of hydrogen-bond acceptors (Lipinski definition) is 2. The van der Waals surface area contributed by atoms with Crippen molar-refractivity contribution in [2.75, 3.05) is 0 Å². The summed E-state index contributed by atoms with van der Waals surface area (Å²) in [7, 11) is 0. The molecule has 2 heteroatoms. The number of fused-ring (bicyclic) bond motifs is 9. The third-order valence-corrected chi connectivity index (χ3v) is 12.7. The first-order valence-corrected chi connectivity index (χ1v) is 19.7. The summed E-state index contributed by atoms with van der Waals surface area (Å²) in [6.07, 6.45) is 0. The van der Waals surface area contributed by atoms with Gasteiger partial charge in [-0.05, 0) is 89.3 Å². The van der Waals surface area contributed by atoms with E-state index in [4.69, 9.17) is 9.97 Å². The van der Waals surface area contributed by atoms with Gasteiger partial charge in [0, 0.05) is 27.5 Å². The molecule has 2 aliphatic rings. The van der Waals surface area contributed by atoms with Crippen LogP contribution >= 0.6 is 0 Å². The molecule has 0 spiro atoms. The Labute approximate surface area is 328 Å². The molecule has 56 heavy (non-hydrogen) atoms. The van der Waals surface area contributed by atoms with E-state index in [1.807, 2.05) is 0 Å². The van der Waals surface area contributed by atoms with Gasteiger partial charge in [0.15, 0.2) is 5.82 Å². The van der Waals surface area contributed by atoms with Crippen molar-refractivity contribution >= 4 is 21.5 Å². The van der Waals surface area contributed by atoms with Crippen molar-refractivity contribution in [2.45, 2.75) is 38.5 Å². The van der Waals surface area contributed by atoms with E-state index in [1.54, 1.807) is 0 Å². The van der Waals surface area contributed by atoms with E-state index in [1.165, 1.54) is 71.8 Å². The van der Waals surface area contributed by atoms with Crippen molar-refractivity contribution in [1.82, 2.24) is 9.97 Å². The molecular formula is C54H40N2. The SMILES string of the molecule is CC1(C)c2ccccc2-c2cccc(-c3cc(-c4ccccc4)nc(-c4ccc(-c5cccc6c5-c5ccc7ccccc7c5C6(C)C)c5ccccc45)n3)c21. The molecule has 11 rings (SSSR count). The molecule has 0 bridgehead atoms. The maximum Gasteiger partial charge on any atom is 0.161 e. The monoisotopic (exact) mass is 716 g/mol. The first-order chi connectivity index (χ1) is 27.3. The van der Waals surface area contributed by atoms with Gasteiger partial charge in [-0.3, -0.25) is 0 Å². The summed E-state index contributed by atoms with van der Waals surface area (Å²) in [5.74, 6) is 0.728. The Kier molecular flexibility index (Phi) is 6.98. The average Bonchev–Trinajstić information content (AvgIpc) is 3.63. The number of aromatic nitrogens is 2. The number of nitrogens with zero attached hydrogens (tertiary/aromatic N) is 2. The zero-order chi connectivity index (χ0) is 37.8. The van der Waals surface area contributed by atoms with E-state index < -0.39 is 0 Å². The molecule has 1 aromatic heterocycles. The van der Waals surface area contributed by atoms with Crippen molar-refractivity contribution in [3.63, 3.8) is 0 Å². The number of rotatable bonds is 4. The highest BCUT2D eigenvalue weighted by molar-refractivity contribution is 6.09. The van der Waals surface area contributed by atoms with Gasteiger partial charge >= 0.3 is 0 Å². The van der Waals surface area contributed by atoms with Crippen LogP contribution in [0.25, 0.3) is 88.8 Å². The topological polar surface area (TPSA) is 25.8 Å². The van der Waals surface area contributed by atoms with Crippen molar-refractivity contribution < 1.29 is 0 Å². The van der Waals surface area contributed by atoms with Gasteiger partial charge in [-0.25, -0.2) is 9.97 Å². The minimum Gasteiger partial charge on any atom is -0.228 e. The van der Waals surface area contributed by atoms with Crippen LogP contribution in [-0.4, -0.2) is 9.97 Å². The fourth-order valence-corrected chi connectivity index (χ4v) is 10.1. The zero-order valence-corrected chi connectivity index (χ0v) is 32.1. The van der Waals surface area contributed by atoms with Crippen LogP contribution in [-0.2, 0) is 10.8 Å². The molecular weight excluding hydrogens is 677 g/mol. The molecule has 8 aromatic carbocycles. The Balaban J connectivity index is 1.13. The second-order valence-electron chi connectivity index (χ2n) is 16.5. The summed E-state index contributed by atoms with van der Waals surface area (Å²) < 4.78 is 0. The minimum absolute atomic E-state index is 0.132. The molecule has 0 atom stereocenters. The van der Waals surface area contributed by atoms with Crippen LogP contribution in [0.2, 0.25) is 0 Å². The number of benzene rings is 8. The van der Waals surface area contributed by atoms with Gasteiger partial charge in [-0.2, -0.15) is 0 Å². The van der Waals surface area contributed by atoms with Crippen LogP contribution in [0.5, 0.6) is 0 Å². The Hall–Kier alpha value is -6.64. The molecule has 2 nitrogen and oxygen atoms in total. The van der Waals surface area contributed by atoms with E-state index in [2.05, 4.69) is 198 Å². The number of hydrogen-bond donors (Lipinski definition) is 0. The van der Waals surface area contributed by atoms with E-state index in [-0.39, 0.29) is 10.8 Å². The maximum absolute atomic E-state index is 5.48. The fourth-order valence-electron chi connectivity index (χ4n) is 10.1. The first kappa shape index (κ1) is 32.8. The molecule has 0 radical (unpaired) electrons. The first-order valence-electron chi connectivity index (χ1n) is 19.7. The van der Waals surface area contributed by atoms with Crippen molar-refractivity contribution in [2.24, 2.45) is 0 Å². The molecule has 0 saturated carbocycles. The van der Waals surface area contributed by atoms with Crippen LogP contribution in [0.4, 0.5) is 0 Å². The van der Waals surface area contributed by atoms with Gasteiger partial charge in [0.05, 0.1) is 11.4 Å². The smallest absolute Gasteiger partial charge is 0.161 e. The second-order valence-corrected chi connectivity index (χ2v) is 16.5. The van der Waals surface area contributed by atoms with Crippen LogP contribution in [0.1, 0.15) is 49.9 Å². The lowest BCUT2D eigenvalue weighted by molar-refractivity contribution is 0.662. The van der Waals surface area contributed by atoms with E-state index in [0.29, 0.717) is 0 Å². The summed E-state index contributed by atoms with van der Waals surface area (Å²) in [6.45, 7) is 9.45. The minimum atomic E-state index is -0.176. The van der Waals surface area contributed by atoms with Crippen molar-refractivity contribution in [1.29, 1.82) is 0 Å². The molecule has 266 valence electrons. The van der Waals surface area contributed by atoms with E-state index in [0.717, 1.165) is 39.3 Å². The zero-order valence-electron chi connectivity index (χ0n) is 32.1. The molecule has 1 heterocycles. The van der Waals surface area contributed by atoms with Gasteiger partial charge in [0.2, 0.25) is 0 Å². The molecule has 0 amide bonds. The Morgan fingerprint density at radius 2 is 0.929 bits per heavy atom. The standard InChI is InChI=1S/C54H40N2/c1-53(2)45-26-13-12-22-39(45)41-24-14-25-43(51(41)53)48-32-47(34-17-6-5-7-18-34)55-52(56-48)42-31-30-38(36-20-10-11-21-37(36)42)40-23-15-27-46-49(40)44-29-28-33-16-8-9-19-35(33)50(44)54(46,3)4/h5-32H,1-4H3. The average molecular weight is 717 g/mol. The molecule has 9 aromatic rings. The Morgan fingerprint density at radius 3 is 1.77 bits per heavy atom. The van der Waals surface area contributed by atoms with Gasteiger partial charge in [-0.1, -0.05) is 185 Å². The lowest BCUT2D eigenvalue weighted by Gasteiger charge is -2.24. The molecule has 0 unspecified atom stereocenters. The summed E-state index contributed by atoms with van der Waals surface area (Å²) in [6, 6.07) is 61.9. The third-order valence-electron chi connectivity index (χ3n) is 12.7. The molecule has 2 aliphatic carbocycles. The van der Waals surface area contributed by atoms with E-state index >= 15 is 0 Å². The predicted octanol–water partition coefficient (Wildman–Crippen LogP) is 14.1. The van der Waals surface area contributed by atoms with Gasteiger partial charge in [0.25, 0.3) is 0 Å². The summed E-state index contributed by atoms with van der Waals surface area (Å²) >= 11 is 0. The molecule has 0 saturated heterocycles. The molecule has 0 aliphatic heterocycles. The predicted molar refractivity (Wildman–Crippen MR) is 234 cm³/mol. The van der Waals surface area contributed by atoms with Crippen molar-refractivity contribution in [3.8, 4) is 67.3 Å². The highest BCUT2D eigenvalue weighted by atomic mass is 14.9. The van der Waals surface area contributed by atoms with E-state index in [9.17, 15) is 0 Å². The van der Waals surface area contributed by atoms with Gasteiger partial charge in [-0.15, -0.1) is 0 Å². The van der Waals surface area contributed by atoms with Crippen LogP contribution in [0.3, 0.4) is 0 Å². The fraction of sp³-hybridized carbons (Fsp3) is 0.111. The third kappa shape index (κ3) is 4.62. The summed E-state index contributed by atoms with van der Waals surface area (Å²) in [4.78, 5) is 10.8. The Bertz CT molecular complexity index is 3080. The highest BCUT2D eigenvalue weighted by Gasteiger charge is 2.39. The normalized spacial score (nSPS) is 14.4. The maximum atomic E-state index is 5.48.